The highest BCUT2D eigenvalue weighted by Crippen LogP contribution is 2.27. The summed E-state index contributed by atoms with van der Waals surface area (Å²) in [4.78, 5) is 26.3. The number of carbonyl (C=O) groups is 2. The number of piperidine rings is 1. The third-order valence-corrected chi connectivity index (χ3v) is 6.96. The lowest BCUT2D eigenvalue weighted by Gasteiger charge is -2.26. The van der Waals surface area contributed by atoms with Gasteiger partial charge in [-0.1, -0.05) is 12.1 Å². The van der Waals surface area contributed by atoms with Crippen LogP contribution in [0.4, 0.5) is 5.69 Å². The van der Waals surface area contributed by atoms with Gasteiger partial charge in [-0.2, -0.15) is 5.10 Å². The van der Waals surface area contributed by atoms with Crippen LogP contribution in [0.1, 0.15) is 24.8 Å². The number of para-hydroxylation sites is 1. The third kappa shape index (κ3) is 7.56. The van der Waals surface area contributed by atoms with Crippen LogP contribution in [-0.2, 0) is 19.6 Å². The molecule has 2 aromatic rings. The minimum absolute atomic E-state index is 0.00212. The third-order valence-electron chi connectivity index (χ3n) is 5.16. The minimum Gasteiger partial charge on any atom is -0.484 e. The summed E-state index contributed by atoms with van der Waals surface area (Å²) in [6, 6.07) is 13.6. The molecule has 1 heterocycles. The number of benzene rings is 2. The Hall–Kier alpha value is -2.92. The Balaban J connectivity index is 1.51. The van der Waals surface area contributed by atoms with Crippen LogP contribution in [0, 0.1) is 0 Å². The van der Waals surface area contributed by atoms with Crippen molar-refractivity contribution < 1.29 is 22.7 Å². The van der Waals surface area contributed by atoms with Gasteiger partial charge >= 0.3 is 0 Å². The second kappa shape index (κ2) is 12.0. The normalized spacial score (nSPS) is 14.1. The van der Waals surface area contributed by atoms with E-state index in [-0.39, 0.29) is 12.5 Å². The second-order valence-electron chi connectivity index (χ2n) is 7.81. The van der Waals surface area contributed by atoms with Crippen molar-refractivity contribution >= 4 is 49.7 Å². The first-order valence-electron chi connectivity index (χ1n) is 10.8. The smallest absolute Gasteiger partial charge is 0.260 e. The van der Waals surface area contributed by atoms with Crippen LogP contribution < -0.4 is 14.5 Å². The molecule has 1 N–H and O–H groups in total. The van der Waals surface area contributed by atoms with Crippen molar-refractivity contribution in [2.75, 3.05) is 36.8 Å². The number of sulfonamides is 1. The van der Waals surface area contributed by atoms with Gasteiger partial charge in [0.1, 0.15) is 12.3 Å². The number of rotatable bonds is 9. The van der Waals surface area contributed by atoms with Crippen molar-refractivity contribution in [2.24, 2.45) is 5.10 Å². The molecule has 0 aromatic heterocycles. The average molecular weight is 551 g/mol. The van der Waals surface area contributed by atoms with Crippen molar-refractivity contribution in [2.45, 2.75) is 19.3 Å². The van der Waals surface area contributed by atoms with Crippen LogP contribution in [0.3, 0.4) is 0 Å². The minimum atomic E-state index is -3.69. The number of amides is 2. The molecule has 34 heavy (non-hydrogen) atoms. The summed E-state index contributed by atoms with van der Waals surface area (Å²) in [6.45, 7) is 1.15. The molecule has 1 saturated heterocycles. The largest absolute Gasteiger partial charge is 0.484 e. The van der Waals surface area contributed by atoms with E-state index in [1.54, 1.807) is 48.5 Å². The van der Waals surface area contributed by atoms with Gasteiger partial charge in [-0.25, -0.2) is 13.8 Å². The number of hydrazone groups is 1. The summed E-state index contributed by atoms with van der Waals surface area (Å²) in [5, 5.41) is 3.90. The first kappa shape index (κ1) is 25.7. The number of halogens is 1. The predicted octanol–water partition coefficient (Wildman–Crippen LogP) is 2.76. The van der Waals surface area contributed by atoms with E-state index < -0.39 is 22.5 Å². The van der Waals surface area contributed by atoms with Gasteiger partial charge in [0.05, 0.1) is 18.2 Å². The van der Waals surface area contributed by atoms with E-state index in [9.17, 15) is 18.0 Å². The van der Waals surface area contributed by atoms with Gasteiger partial charge < -0.3 is 9.64 Å². The fraction of sp³-hybridized carbons (Fsp3) is 0.348. The van der Waals surface area contributed by atoms with Crippen LogP contribution in [0.5, 0.6) is 5.75 Å². The van der Waals surface area contributed by atoms with Crippen molar-refractivity contribution in [3.05, 3.63) is 58.6 Å². The molecule has 0 bridgehead atoms. The van der Waals surface area contributed by atoms with Crippen molar-refractivity contribution in [1.82, 2.24) is 10.3 Å². The molecule has 0 radical (unpaired) electrons. The molecule has 0 saturated carbocycles. The number of likely N-dealkylation sites (tertiary alicyclic amines) is 1. The van der Waals surface area contributed by atoms with Crippen LogP contribution in [0.25, 0.3) is 0 Å². The lowest BCUT2D eigenvalue weighted by molar-refractivity contribution is -0.134. The standard InChI is InChI=1S/C23H27BrN4O5S/c1-34(31,32)28(21-8-4-3-7-20(21)24)16-22(29)26-25-15-18-9-11-19(12-10-18)33-17-23(30)27-13-5-2-6-14-27/h3-4,7-12,15H,2,5-6,13-14,16-17H2,1H3,(H,26,29)/b25-15-. The number of hydrogen-bond donors (Lipinski definition) is 1. The molecule has 9 nitrogen and oxygen atoms in total. The van der Waals surface area contributed by atoms with E-state index in [2.05, 4.69) is 26.5 Å². The summed E-state index contributed by atoms with van der Waals surface area (Å²) in [6.07, 6.45) is 5.70. The maximum absolute atomic E-state index is 12.3. The van der Waals surface area contributed by atoms with Crippen molar-refractivity contribution in [3.8, 4) is 5.75 Å². The fourth-order valence-electron chi connectivity index (χ4n) is 3.41. The zero-order valence-electron chi connectivity index (χ0n) is 18.8. The van der Waals surface area contributed by atoms with Gasteiger partial charge in [0.25, 0.3) is 11.8 Å². The van der Waals surface area contributed by atoms with E-state index in [1.807, 2.05) is 4.90 Å². The number of nitrogens with one attached hydrogen (secondary N) is 1. The number of ether oxygens (including phenoxy) is 1. The fourth-order valence-corrected chi connectivity index (χ4v) is 4.89. The molecule has 0 spiro atoms. The Labute approximate surface area is 207 Å². The van der Waals surface area contributed by atoms with E-state index in [4.69, 9.17) is 4.74 Å². The van der Waals surface area contributed by atoms with E-state index in [0.717, 1.165) is 42.9 Å². The van der Waals surface area contributed by atoms with Gasteiger partial charge in [-0.15, -0.1) is 0 Å². The first-order chi connectivity index (χ1) is 16.2. The molecule has 182 valence electrons. The maximum Gasteiger partial charge on any atom is 0.260 e. The maximum atomic E-state index is 12.3. The molecule has 0 atom stereocenters. The molecular formula is C23H27BrN4O5S. The SMILES string of the molecule is CS(=O)(=O)N(CC(=O)N/N=C\c1ccc(OCC(=O)N2CCCCC2)cc1)c1ccccc1Br. The number of anilines is 1. The summed E-state index contributed by atoms with van der Waals surface area (Å²) >= 11 is 3.31. The Morgan fingerprint density at radius 2 is 1.79 bits per heavy atom. The van der Waals surface area contributed by atoms with Crippen LogP contribution in [0.15, 0.2) is 58.1 Å². The van der Waals surface area contributed by atoms with Crippen molar-refractivity contribution in [3.63, 3.8) is 0 Å². The van der Waals surface area contributed by atoms with Crippen LogP contribution >= 0.6 is 15.9 Å². The lowest BCUT2D eigenvalue weighted by Crippen LogP contribution is -2.39. The molecule has 1 aliphatic heterocycles. The first-order valence-corrected chi connectivity index (χ1v) is 13.4. The quantitative estimate of drug-likeness (QED) is 0.381. The Morgan fingerprint density at radius 1 is 1.12 bits per heavy atom. The molecule has 2 amide bonds. The zero-order chi connectivity index (χ0) is 24.6. The number of nitrogens with zero attached hydrogens (tertiary/aromatic N) is 3. The van der Waals surface area contributed by atoms with E-state index in [0.29, 0.717) is 21.5 Å². The van der Waals surface area contributed by atoms with Gasteiger partial charge in [0, 0.05) is 17.6 Å². The summed E-state index contributed by atoms with van der Waals surface area (Å²) in [7, 11) is -3.69. The Kier molecular flexibility index (Phi) is 9.05. The molecular weight excluding hydrogens is 524 g/mol. The average Bonchev–Trinajstić information content (AvgIpc) is 2.82. The summed E-state index contributed by atoms with van der Waals surface area (Å²) in [5.74, 6) is -0.0453. The monoisotopic (exact) mass is 550 g/mol. The lowest BCUT2D eigenvalue weighted by atomic mass is 10.1. The molecule has 3 rings (SSSR count). The Bertz CT molecular complexity index is 1130. The molecule has 1 aliphatic rings. The second-order valence-corrected chi connectivity index (χ2v) is 10.6. The van der Waals surface area contributed by atoms with Gasteiger partial charge in [0.2, 0.25) is 10.0 Å². The predicted molar refractivity (Wildman–Crippen MR) is 134 cm³/mol. The van der Waals surface area contributed by atoms with E-state index in [1.165, 1.54) is 6.21 Å². The molecule has 11 heteroatoms. The van der Waals surface area contributed by atoms with E-state index >= 15 is 0 Å². The Morgan fingerprint density at radius 3 is 2.44 bits per heavy atom. The zero-order valence-corrected chi connectivity index (χ0v) is 21.2. The van der Waals surface area contributed by atoms with Gasteiger partial charge in [0.15, 0.2) is 6.61 Å². The van der Waals surface area contributed by atoms with Crippen LogP contribution in [-0.4, -0.2) is 63.8 Å². The number of carbonyl (C=O) groups excluding carboxylic acids is 2. The highest BCUT2D eigenvalue weighted by Gasteiger charge is 2.22. The van der Waals surface area contributed by atoms with Crippen molar-refractivity contribution in [1.29, 1.82) is 0 Å². The summed E-state index contributed by atoms with van der Waals surface area (Å²) in [5.41, 5.74) is 3.40. The summed E-state index contributed by atoms with van der Waals surface area (Å²) < 4.78 is 31.5. The molecule has 1 fully saturated rings. The highest BCUT2D eigenvalue weighted by atomic mass is 79.9. The highest BCUT2D eigenvalue weighted by molar-refractivity contribution is 9.10. The van der Waals surface area contributed by atoms with Gasteiger partial charge in [-0.05, 0) is 77.2 Å². The van der Waals surface area contributed by atoms with Crippen LogP contribution in [0.2, 0.25) is 0 Å². The van der Waals surface area contributed by atoms with Gasteiger partial charge in [-0.3, -0.25) is 13.9 Å². The molecule has 2 aromatic carbocycles. The number of hydrogen-bond acceptors (Lipinski definition) is 6. The molecule has 0 unspecified atom stereocenters. The molecule has 0 aliphatic carbocycles. The topological polar surface area (TPSA) is 108 Å².